The number of urea groups is 1. The molecule has 1 aliphatic rings. The van der Waals surface area contributed by atoms with E-state index in [0.717, 1.165) is 54.6 Å². The normalized spacial score (nSPS) is 13.7. The highest BCUT2D eigenvalue weighted by atomic mass is 32.2. The van der Waals surface area contributed by atoms with Gasteiger partial charge >= 0.3 is 6.03 Å². The summed E-state index contributed by atoms with van der Waals surface area (Å²) < 4.78 is 3.29. The van der Waals surface area contributed by atoms with Gasteiger partial charge in [-0.25, -0.2) is 4.79 Å². The summed E-state index contributed by atoms with van der Waals surface area (Å²) in [6, 6.07) is 26.5. The number of carbonyl (C=O) groups is 2. The number of anilines is 3. The summed E-state index contributed by atoms with van der Waals surface area (Å²) >= 11 is 1.45. The van der Waals surface area contributed by atoms with Crippen LogP contribution in [0.15, 0.2) is 102 Å². The molecule has 10 heteroatoms. The fraction of sp³-hybridized carbons (Fsp3) is 0.219. The van der Waals surface area contributed by atoms with Gasteiger partial charge in [0, 0.05) is 79.2 Å². The van der Waals surface area contributed by atoms with E-state index in [0.29, 0.717) is 17.8 Å². The van der Waals surface area contributed by atoms with E-state index in [1.807, 2.05) is 72.8 Å². The predicted molar refractivity (Wildman–Crippen MR) is 170 cm³/mol. The predicted octanol–water partition coefficient (Wildman–Crippen LogP) is 5.52. The number of rotatable bonds is 10. The molecule has 5 rings (SSSR count). The quantitative estimate of drug-likeness (QED) is 0.183. The van der Waals surface area contributed by atoms with Crippen LogP contribution in [-0.4, -0.2) is 59.9 Å². The van der Waals surface area contributed by atoms with E-state index in [2.05, 4.69) is 54.6 Å². The zero-order valence-electron chi connectivity index (χ0n) is 23.5. The average molecular weight is 582 g/mol. The van der Waals surface area contributed by atoms with Crippen LogP contribution in [0.1, 0.15) is 21.5 Å². The van der Waals surface area contributed by atoms with Gasteiger partial charge in [0.25, 0.3) is 5.91 Å². The molecule has 0 unspecified atom stereocenters. The Labute approximate surface area is 250 Å². The van der Waals surface area contributed by atoms with Crippen LogP contribution < -0.4 is 20.7 Å². The third kappa shape index (κ3) is 8.81. The minimum Gasteiger partial charge on any atom is -0.334 e. The Balaban J connectivity index is 1.04. The van der Waals surface area contributed by atoms with Gasteiger partial charge in [-0.3, -0.25) is 14.7 Å². The smallest absolute Gasteiger partial charge is 0.319 e. The van der Waals surface area contributed by atoms with Crippen LogP contribution in [0.2, 0.25) is 0 Å². The van der Waals surface area contributed by atoms with Crippen molar-refractivity contribution in [3.05, 3.63) is 114 Å². The van der Waals surface area contributed by atoms with Gasteiger partial charge in [-0.15, -0.1) is 0 Å². The lowest BCUT2D eigenvalue weighted by atomic mass is 10.1. The largest absolute Gasteiger partial charge is 0.334 e. The van der Waals surface area contributed by atoms with Crippen LogP contribution in [0.4, 0.5) is 21.9 Å². The van der Waals surface area contributed by atoms with Gasteiger partial charge in [-0.05, 0) is 96.9 Å². The first-order valence-corrected chi connectivity index (χ1v) is 14.7. The van der Waals surface area contributed by atoms with E-state index in [9.17, 15) is 9.59 Å². The lowest BCUT2D eigenvalue weighted by Crippen LogP contribution is -2.43. The molecule has 9 nitrogen and oxygen atoms in total. The molecule has 2 heterocycles. The molecule has 0 saturated carbocycles. The van der Waals surface area contributed by atoms with E-state index < -0.39 is 0 Å². The van der Waals surface area contributed by atoms with Crippen molar-refractivity contribution in [1.29, 1.82) is 0 Å². The molecule has 4 N–H and O–H groups in total. The standard InChI is InChI=1S/C32H35N7O2S/c1-38-17-19-39(20-18-38)23-24-4-8-27(9-5-24)35-31(40)26-6-14-30(15-7-26)42-37-29-12-10-28(11-13-29)36-32(41)34-22-25-3-2-16-33-21-25/h2-16,21,37H,17-20,22-23H2,1H3,(H,35,40)(H2,34,36,41). The monoisotopic (exact) mass is 581 g/mol. The molecule has 0 atom stereocenters. The summed E-state index contributed by atoms with van der Waals surface area (Å²) in [5, 5.41) is 8.62. The number of piperazine rings is 1. The molecular formula is C32H35N7O2S. The number of aromatic nitrogens is 1. The van der Waals surface area contributed by atoms with Crippen molar-refractivity contribution in [2.24, 2.45) is 0 Å². The SMILES string of the molecule is CN1CCN(Cc2ccc(NC(=O)c3ccc(SNc4ccc(NC(=O)NCc5cccnc5)cc4)cc3)cc2)CC1. The van der Waals surface area contributed by atoms with E-state index in [1.54, 1.807) is 12.4 Å². The first-order valence-electron chi connectivity index (χ1n) is 13.9. The van der Waals surface area contributed by atoms with E-state index in [1.165, 1.54) is 17.5 Å². The first kappa shape index (κ1) is 29.1. The number of benzene rings is 3. The minimum absolute atomic E-state index is 0.140. The topological polar surface area (TPSA) is 102 Å². The fourth-order valence-electron chi connectivity index (χ4n) is 4.44. The van der Waals surface area contributed by atoms with Gasteiger partial charge in [0.2, 0.25) is 0 Å². The van der Waals surface area contributed by atoms with Crippen molar-refractivity contribution in [2.45, 2.75) is 18.0 Å². The molecule has 1 fully saturated rings. The fourth-order valence-corrected chi connectivity index (χ4v) is 5.08. The summed E-state index contributed by atoms with van der Waals surface area (Å²) in [6.07, 6.45) is 3.42. The van der Waals surface area contributed by atoms with Crippen molar-refractivity contribution >= 4 is 40.9 Å². The number of likely N-dealkylation sites (N-methyl/N-ethyl adjacent to an activating group) is 1. The molecule has 3 aromatic carbocycles. The van der Waals surface area contributed by atoms with Crippen LogP contribution in [0.5, 0.6) is 0 Å². The number of carbonyl (C=O) groups excluding carboxylic acids is 2. The van der Waals surface area contributed by atoms with Gasteiger partial charge in [0.15, 0.2) is 0 Å². The number of hydrogen-bond acceptors (Lipinski definition) is 7. The molecule has 0 aliphatic carbocycles. The number of pyridine rings is 1. The van der Waals surface area contributed by atoms with Crippen LogP contribution in [0, 0.1) is 0 Å². The van der Waals surface area contributed by atoms with Gasteiger partial charge in [0.05, 0.1) is 0 Å². The number of nitrogens with zero attached hydrogens (tertiary/aromatic N) is 3. The second kappa shape index (κ2) is 14.5. The highest BCUT2D eigenvalue weighted by Gasteiger charge is 2.14. The van der Waals surface area contributed by atoms with E-state index in [-0.39, 0.29) is 11.9 Å². The van der Waals surface area contributed by atoms with Gasteiger partial charge in [0.1, 0.15) is 0 Å². The molecule has 3 amide bonds. The Kier molecular flexibility index (Phi) is 10.1. The van der Waals surface area contributed by atoms with Crippen molar-refractivity contribution in [1.82, 2.24) is 20.1 Å². The highest BCUT2D eigenvalue weighted by Crippen LogP contribution is 2.23. The molecular weight excluding hydrogens is 546 g/mol. The van der Waals surface area contributed by atoms with Crippen molar-refractivity contribution in [3.8, 4) is 0 Å². The maximum Gasteiger partial charge on any atom is 0.319 e. The Morgan fingerprint density at radius 3 is 2.14 bits per heavy atom. The highest BCUT2D eigenvalue weighted by molar-refractivity contribution is 8.00. The first-order chi connectivity index (χ1) is 20.5. The lowest BCUT2D eigenvalue weighted by Gasteiger charge is -2.32. The molecule has 1 saturated heterocycles. The maximum absolute atomic E-state index is 12.8. The summed E-state index contributed by atoms with van der Waals surface area (Å²) in [5.74, 6) is -0.140. The second-order valence-electron chi connectivity index (χ2n) is 10.2. The number of amides is 3. The molecule has 1 aromatic heterocycles. The summed E-state index contributed by atoms with van der Waals surface area (Å²) in [4.78, 5) is 34.8. The lowest BCUT2D eigenvalue weighted by molar-refractivity contribution is 0.102. The van der Waals surface area contributed by atoms with Crippen molar-refractivity contribution < 1.29 is 9.59 Å². The molecule has 216 valence electrons. The Morgan fingerprint density at radius 2 is 1.45 bits per heavy atom. The molecule has 0 bridgehead atoms. The number of hydrogen-bond donors (Lipinski definition) is 4. The third-order valence-electron chi connectivity index (χ3n) is 6.94. The minimum atomic E-state index is -0.281. The van der Waals surface area contributed by atoms with Crippen LogP contribution in [0.3, 0.4) is 0 Å². The van der Waals surface area contributed by atoms with Crippen LogP contribution in [-0.2, 0) is 13.1 Å². The average Bonchev–Trinajstić information content (AvgIpc) is 3.02. The van der Waals surface area contributed by atoms with Crippen molar-refractivity contribution in [2.75, 3.05) is 48.6 Å². The Bertz CT molecular complexity index is 1440. The van der Waals surface area contributed by atoms with Crippen molar-refractivity contribution in [3.63, 3.8) is 0 Å². The van der Waals surface area contributed by atoms with Crippen LogP contribution >= 0.6 is 11.9 Å². The summed E-state index contributed by atoms with van der Waals surface area (Å²) in [6.45, 7) is 5.70. The zero-order valence-corrected chi connectivity index (χ0v) is 24.4. The molecule has 1 aliphatic heterocycles. The van der Waals surface area contributed by atoms with Crippen LogP contribution in [0.25, 0.3) is 0 Å². The molecule has 0 spiro atoms. The van der Waals surface area contributed by atoms with E-state index >= 15 is 0 Å². The molecule has 0 radical (unpaired) electrons. The summed E-state index contributed by atoms with van der Waals surface area (Å²) in [5.41, 5.74) is 5.14. The molecule has 4 aromatic rings. The second-order valence-corrected chi connectivity index (χ2v) is 11.1. The van der Waals surface area contributed by atoms with Gasteiger partial charge in [-0.1, -0.05) is 18.2 Å². The summed E-state index contributed by atoms with van der Waals surface area (Å²) in [7, 11) is 2.16. The molecule has 42 heavy (non-hydrogen) atoms. The zero-order chi connectivity index (χ0) is 29.1. The number of nitrogens with one attached hydrogen (secondary N) is 4. The third-order valence-corrected chi connectivity index (χ3v) is 7.78. The van der Waals surface area contributed by atoms with E-state index in [4.69, 9.17) is 0 Å². The Morgan fingerprint density at radius 1 is 0.786 bits per heavy atom. The maximum atomic E-state index is 12.8. The Hall–Kier alpha value is -4.38. The van der Waals surface area contributed by atoms with Gasteiger partial charge < -0.3 is 25.6 Å². The van der Waals surface area contributed by atoms with Gasteiger partial charge in [-0.2, -0.15) is 0 Å².